The fraction of sp³-hybridized carbons (Fsp3) is 0.286. The molecule has 1 aromatic carbocycles. The number of halogens is 3. The van der Waals surface area contributed by atoms with Gasteiger partial charge in [0.2, 0.25) is 0 Å². The van der Waals surface area contributed by atoms with Crippen LogP contribution in [0.25, 0.3) is 0 Å². The Morgan fingerprint density at radius 3 is 2.48 bits per heavy atom. The SMILES string of the molecule is Cc1nn(C)c(C)c1CNC(=O)c1ccc(F)c(F)c1F. The first-order valence-electron chi connectivity index (χ1n) is 6.23. The number of nitrogens with zero attached hydrogens (tertiary/aromatic N) is 2. The Morgan fingerprint density at radius 2 is 1.90 bits per heavy atom. The summed E-state index contributed by atoms with van der Waals surface area (Å²) in [6.45, 7) is 3.75. The zero-order valence-electron chi connectivity index (χ0n) is 11.8. The number of rotatable bonds is 3. The quantitative estimate of drug-likeness (QED) is 0.884. The van der Waals surface area contributed by atoms with E-state index in [9.17, 15) is 18.0 Å². The molecule has 2 rings (SSSR count). The third-order valence-electron chi connectivity index (χ3n) is 3.36. The number of carbonyl (C=O) groups is 1. The van der Waals surface area contributed by atoms with Gasteiger partial charge in [-0.05, 0) is 26.0 Å². The highest BCUT2D eigenvalue weighted by Gasteiger charge is 2.19. The van der Waals surface area contributed by atoms with Crippen molar-refractivity contribution in [3.05, 3.63) is 52.1 Å². The molecule has 0 radical (unpaired) electrons. The summed E-state index contributed by atoms with van der Waals surface area (Å²) in [4.78, 5) is 11.9. The van der Waals surface area contributed by atoms with Gasteiger partial charge in [0.25, 0.3) is 5.91 Å². The second-order valence-electron chi connectivity index (χ2n) is 4.68. The van der Waals surface area contributed by atoms with Crippen molar-refractivity contribution < 1.29 is 18.0 Å². The molecule has 0 aliphatic heterocycles. The molecule has 0 spiro atoms. The predicted molar refractivity (Wildman–Crippen MR) is 70.2 cm³/mol. The summed E-state index contributed by atoms with van der Waals surface area (Å²) in [5.41, 5.74) is 1.86. The third kappa shape index (κ3) is 2.76. The highest BCUT2D eigenvalue weighted by atomic mass is 19.2. The number of hydrogen-bond acceptors (Lipinski definition) is 2. The summed E-state index contributed by atoms with van der Waals surface area (Å²) < 4.78 is 41.1. The van der Waals surface area contributed by atoms with Crippen LogP contribution in [-0.2, 0) is 13.6 Å². The van der Waals surface area contributed by atoms with Gasteiger partial charge in [-0.25, -0.2) is 13.2 Å². The van der Waals surface area contributed by atoms with Gasteiger partial charge in [-0.3, -0.25) is 9.48 Å². The van der Waals surface area contributed by atoms with Crippen LogP contribution in [-0.4, -0.2) is 15.7 Å². The van der Waals surface area contributed by atoms with E-state index in [1.54, 1.807) is 18.7 Å². The number of hydrogen-bond donors (Lipinski definition) is 1. The Hall–Kier alpha value is -2.31. The number of nitrogens with one attached hydrogen (secondary N) is 1. The van der Waals surface area contributed by atoms with Gasteiger partial charge in [0, 0.05) is 24.8 Å². The molecule has 0 atom stereocenters. The van der Waals surface area contributed by atoms with Gasteiger partial charge in [0.05, 0.1) is 11.3 Å². The Labute approximate surface area is 119 Å². The van der Waals surface area contributed by atoms with Crippen LogP contribution in [0.4, 0.5) is 13.2 Å². The van der Waals surface area contributed by atoms with Crippen molar-refractivity contribution in [2.75, 3.05) is 0 Å². The maximum Gasteiger partial charge on any atom is 0.254 e. The van der Waals surface area contributed by atoms with Gasteiger partial charge in [0.15, 0.2) is 17.5 Å². The minimum Gasteiger partial charge on any atom is -0.348 e. The summed E-state index contributed by atoms with van der Waals surface area (Å²) in [7, 11) is 1.77. The smallest absolute Gasteiger partial charge is 0.254 e. The van der Waals surface area contributed by atoms with E-state index in [2.05, 4.69) is 10.4 Å². The first-order chi connectivity index (χ1) is 9.82. The lowest BCUT2D eigenvalue weighted by Gasteiger charge is -2.07. The molecule has 0 aliphatic rings. The van der Waals surface area contributed by atoms with Crippen molar-refractivity contribution in [1.82, 2.24) is 15.1 Å². The van der Waals surface area contributed by atoms with E-state index in [1.165, 1.54) is 0 Å². The average molecular weight is 297 g/mol. The number of aryl methyl sites for hydroxylation is 2. The van der Waals surface area contributed by atoms with Crippen LogP contribution in [0.15, 0.2) is 12.1 Å². The van der Waals surface area contributed by atoms with Crippen LogP contribution in [0.1, 0.15) is 27.3 Å². The maximum absolute atomic E-state index is 13.5. The largest absolute Gasteiger partial charge is 0.348 e. The van der Waals surface area contributed by atoms with Gasteiger partial charge >= 0.3 is 0 Å². The summed E-state index contributed by atoms with van der Waals surface area (Å²) in [5.74, 6) is -5.29. The van der Waals surface area contributed by atoms with Crippen LogP contribution in [0.2, 0.25) is 0 Å². The van der Waals surface area contributed by atoms with Crippen molar-refractivity contribution in [3.63, 3.8) is 0 Å². The van der Waals surface area contributed by atoms with E-state index in [4.69, 9.17) is 0 Å². The molecule has 21 heavy (non-hydrogen) atoms. The van der Waals surface area contributed by atoms with Gasteiger partial charge in [-0.15, -0.1) is 0 Å². The normalized spacial score (nSPS) is 10.8. The molecular weight excluding hydrogens is 283 g/mol. The maximum atomic E-state index is 13.5. The highest BCUT2D eigenvalue weighted by molar-refractivity contribution is 5.94. The van der Waals surface area contributed by atoms with Gasteiger partial charge < -0.3 is 5.32 Å². The zero-order chi connectivity index (χ0) is 15.7. The number of carbonyl (C=O) groups excluding carboxylic acids is 1. The molecular formula is C14H14F3N3O. The second kappa shape index (κ2) is 5.59. The average Bonchev–Trinajstić information content (AvgIpc) is 2.67. The van der Waals surface area contributed by atoms with E-state index in [0.717, 1.165) is 23.0 Å². The molecule has 0 unspecified atom stereocenters. The Morgan fingerprint density at radius 1 is 1.24 bits per heavy atom. The van der Waals surface area contributed by atoms with E-state index in [1.807, 2.05) is 6.92 Å². The molecule has 0 bridgehead atoms. The van der Waals surface area contributed by atoms with Gasteiger partial charge in [-0.1, -0.05) is 0 Å². The molecule has 0 saturated carbocycles. The van der Waals surface area contributed by atoms with Crippen molar-refractivity contribution in [2.45, 2.75) is 20.4 Å². The van der Waals surface area contributed by atoms with Gasteiger partial charge in [-0.2, -0.15) is 5.10 Å². The third-order valence-corrected chi connectivity index (χ3v) is 3.36. The molecule has 1 N–H and O–H groups in total. The fourth-order valence-corrected chi connectivity index (χ4v) is 2.04. The molecule has 0 aliphatic carbocycles. The minimum atomic E-state index is -1.66. The van der Waals surface area contributed by atoms with Crippen LogP contribution in [0.3, 0.4) is 0 Å². The lowest BCUT2D eigenvalue weighted by Crippen LogP contribution is -2.25. The monoisotopic (exact) mass is 297 g/mol. The lowest BCUT2D eigenvalue weighted by molar-refractivity contribution is 0.0945. The van der Waals surface area contributed by atoms with Crippen LogP contribution in [0.5, 0.6) is 0 Å². The van der Waals surface area contributed by atoms with E-state index < -0.39 is 28.9 Å². The van der Waals surface area contributed by atoms with Crippen LogP contribution in [0, 0.1) is 31.3 Å². The fourth-order valence-electron chi connectivity index (χ4n) is 2.04. The molecule has 2 aromatic rings. The molecule has 1 heterocycles. The second-order valence-corrected chi connectivity index (χ2v) is 4.68. The molecule has 0 fully saturated rings. The summed E-state index contributed by atoms with van der Waals surface area (Å²) in [6.07, 6.45) is 0. The number of aromatic nitrogens is 2. The lowest BCUT2D eigenvalue weighted by atomic mass is 10.1. The van der Waals surface area contributed by atoms with Crippen LogP contribution < -0.4 is 5.32 Å². The first kappa shape index (κ1) is 15.1. The van der Waals surface area contributed by atoms with Crippen molar-refractivity contribution >= 4 is 5.91 Å². The molecule has 7 heteroatoms. The Balaban J connectivity index is 2.18. The highest BCUT2D eigenvalue weighted by Crippen LogP contribution is 2.16. The number of benzene rings is 1. The van der Waals surface area contributed by atoms with Crippen LogP contribution >= 0.6 is 0 Å². The van der Waals surface area contributed by atoms with Crippen molar-refractivity contribution in [3.8, 4) is 0 Å². The Bertz CT molecular complexity index is 710. The summed E-state index contributed by atoms with van der Waals surface area (Å²) >= 11 is 0. The zero-order valence-corrected chi connectivity index (χ0v) is 11.8. The number of amides is 1. The van der Waals surface area contributed by atoms with Crippen molar-refractivity contribution in [2.24, 2.45) is 7.05 Å². The first-order valence-corrected chi connectivity index (χ1v) is 6.23. The van der Waals surface area contributed by atoms with E-state index in [-0.39, 0.29) is 6.54 Å². The molecule has 1 amide bonds. The molecule has 4 nitrogen and oxygen atoms in total. The van der Waals surface area contributed by atoms with E-state index >= 15 is 0 Å². The molecule has 0 saturated heterocycles. The molecule has 1 aromatic heterocycles. The van der Waals surface area contributed by atoms with E-state index in [0.29, 0.717) is 6.07 Å². The Kier molecular flexibility index (Phi) is 4.02. The minimum absolute atomic E-state index is 0.128. The van der Waals surface area contributed by atoms with Crippen molar-refractivity contribution in [1.29, 1.82) is 0 Å². The van der Waals surface area contributed by atoms with Gasteiger partial charge in [0.1, 0.15) is 0 Å². The predicted octanol–water partition coefficient (Wildman–Crippen LogP) is 2.38. The standard InChI is InChI=1S/C14H14F3N3O/c1-7-10(8(2)20(3)19-7)6-18-14(21)9-4-5-11(15)13(17)12(9)16/h4-5H,6H2,1-3H3,(H,18,21). The topological polar surface area (TPSA) is 46.9 Å². The summed E-state index contributed by atoms with van der Waals surface area (Å²) in [5, 5.41) is 6.66. The summed E-state index contributed by atoms with van der Waals surface area (Å²) in [6, 6.07) is 1.62. The molecule has 112 valence electrons.